The molecule has 0 fully saturated rings. The van der Waals surface area contributed by atoms with Crippen molar-refractivity contribution in [3.63, 3.8) is 0 Å². The van der Waals surface area contributed by atoms with Crippen molar-refractivity contribution in [2.45, 2.75) is 40.2 Å². The number of methoxy groups -OCH3 is 1. The summed E-state index contributed by atoms with van der Waals surface area (Å²) in [5.41, 5.74) is 3.72. The van der Waals surface area contributed by atoms with Crippen molar-refractivity contribution in [1.29, 1.82) is 0 Å². The second-order valence-electron chi connectivity index (χ2n) is 5.52. The molecule has 1 unspecified atom stereocenters. The van der Waals surface area contributed by atoms with Gasteiger partial charge < -0.3 is 10.1 Å². The molecule has 21 heavy (non-hydrogen) atoms. The molecular weight excluding hydrogens is 278 g/mol. The number of ether oxygens (including phenoxy) is 1. The summed E-state index contributed by atoms with van der Waals surface area (Å²) in [6.45, 7) is 9.62. The van der Waals surface area contributed by atoms with Crippen molar-refractivity contribution < 1.29 is 4.74 Å². The molecule has 0 aliphatic heterocycles. The van der Waals surface area contributed by atoms with Gasteiger partial charge in [-0.05, 0) is 62.6 Å². The quantitative estimate of drug-likeness (QED) is 0.830. The van der Waals surface area contributed by atoms with Crippen LogP contribution in [0.3, 0.4) is 0 Å². The molecule has 0 aliphatic rings. The zero-order valence-corrected chi connectivity index (χ0v) is 14.4. The Morgan fingerprint density at radius 1 is 1.14 bits per heavy atom. The van der Waals surface area contributed by atoms with Crippen LogP contribution in [0.2, 0.25) is 0 Å². The van der Waals surface area contributed by atoms with Gasteiger partial charge in [0.15, 0.2) is 0 Å². The van der Waals surface area contributed by atoms with E-state index in [1.54, 1.807) is 7.11 Å². The smallest absolute Gasteiger partial charge is 0.124 e. The number of nitrogens with one attached hydrogen (secondary N) is 1. The number of benzene rings is 1. The molecule has 1 aromatic carbocycles. The lowest BCUT2D eigenvalue weighted by Crippen LogP contribution is -2.22. The number of hydrogen-bond acceptors (Lipinski definition) is 3. The molecule has 2 nitrogen and oxygen atoms in total. The lowest BCUT2D eigenvalue weighted by molar-refractivity contribution is 0.408. The summed E-state index contributed by atoms with van der Waals surface area (Å²) in [7, 11) is 1.74. The molecule has 0 radical (unpaired) electrons. The van der Waals surface area contributed by atoms with E-state index >= 15 is 0 Å². The van der Waals surface area contributed by atoms with E-state index in [2.05, 4.69) is 57.3 Å². The molecule has 1 heterocycles. The van der Waals surface area contributed by atoms with E-state index < -0.39 is 0 Å². The van der Waals surface area contributed by atoms with Crippen molar-refractivity contribution in [3.05, 3.63) is 50.7 Å². The molecule has 0 saturated heterocycles. The topological polar surface area (TPSA) is 21.3 Å². The maximum Gasteiger partial charge on any atom is 0.124 e. The fourth-order valence-corrected chi connectivity index (χ4v) is 3.73. The van der Waals surface area contributed by atoms with E-state index in [0.717, 1.165) is 18.7 Å². The summed E-state index contributed by atoms with van der Waals surface area (Å²) in [5, 5.41) is 3.68. The number of aryl methyl sites for hydroxylation is 3. The summed E-state index contributed by atoms with van der Waals surface area (Å²) in [5.74, 6) is 0.996. The first-order chi connectivity index (χ1) is 10.1. The molecule has 114 valence electrons. The van der Waals surface area contributed by atoms with Crippen LogP contribution in [0.1, 0.15) is 45.8 Å². The molecule has 0 spiro atoms. The monoisotopic (exact) mass is 303 g/mol. The van der Waals surface area contributed by atoms with Crippen molar-refractivity contribution in [2.75, 3.05) is 13.7 Å². The standard InChI is InChI=1S/C18H25NOS/c1-6-9-19-17(16-8-7-14(4)21-16)15-10-12(2)18(20-5)13(3)11-15/h7-8,10-11,17,19H,6,9H2,1-5H3. The Balaban J connectivity index is 2.41. The van der Waals surface area contributed by atoms with Gasteiger partial charge >= 0.3 is 0 Å². The molecule has 0 bridgehead atoms. The second-order valence-corrected chi connectivity index (χ2v) is 6.84. The third-order valence-corrected chi connectivity index (χ3v) is 4.73. The lowest BCUT2D eigenvalue weighted by Gasteiger charge is -2.20. The Morgan fingerprint density at radius 3 is 2.29 bits per heavy atom. The van der Waals surface area contributed by atoms with Gasteiger partial charge in [0.25, 0.3) is 0 Å². The Morgan fingerprint density at radius 2 is 1.81 bits per heavy atom. The zero-order chi connectivity index (χ0) is 15.4. The summed E-state index contributed by atoms with van der Waals surface area (Å²) in [6.07, 6.45) is 1.13. The average molecular weight is 303 g/mol. The van der Waals surface area contributed by atoms with Crippen molar-refractivity contribution in [3.8, 4) is 5.75 Å². The van der Waals surface area contributed by atoms with Crippen LogP contribution in [0.4, 0.5) is 0 Å². The van der Waals surface area contributed by atoms with Gasteiger partial charge in [0.1, 0.15) is 5.75 Å². The maximum absolute atomic E-state index is 5.48. The zero-order valence-electron chi connectivity index (χ0n) is 13.6. The van der Waals surface area contributed by atoms with E-state index in [0.29, 0.717) is 0 Å². The molecule has 0 amide bonds. The van der Waals surface area contributed by atoms with E-state index in [1.807, 2.05) is 11.3 Å². The Labute approximate surface area is 132 Å². The molecule has 1 atom stereocenters. The lowest BCUT2D eigenvalue weighted by atomic mass is 9.99. The molecule has 3 heteroatoms. The fraction of sp³-hybridized carbons (Fsp3) is 0.444. The molecule has 0 saturated carbocycles. The molecule has 1 N–H and O–H groups in total. The Hall–Kier alpha value is -1.32. The second kappa shape index (κ2) is 7.10. The highest BCUT2D eigenvalue weighted by Crippen LogP contribution is 2.32. The van der Waals surface area contributed by atoms with Gasteiger partial charge in [0, 0.05) is 9.75 Å². The highest BCUT2D eigenvalue weighted by Gasteiger charge is 2.17. The highest BCUT2D eigenvalue weighted by molar-refractivity contribution is 7.12. The van der Waals surface area contributed by atoms with E-state index in [9.17, 15) is 0 Å². The highest BCUT2D eigenvalue weighted by atomic mass is 32.1. The minimum atomic E-state index is 0.270. The predicted octanol–water partition coefficient (Wildman–Crippen LogP) is 4.77. The fourth-order valence-electron chi connectivity index (χ4n) is 2.75. The first-order valence-electron chi connectivity index (χ1n) is 7.51. The van der Waals surface area contributed by atoms with E-state index in [-0.39, 0.29) is 6.04 Å². The van der Waals surface area contributed by atoms with Gasteiger partial charge in [0.2, 0.25) is 0 Å². The molecule has 1 aromatic heterocycles. The van der Waals surface area contributed by atoms with Gasteiger partial charge in [-0.25, -0.2) is 0 Å². The average Bonchev–Trinajstić information content (AvgIpc) is 2.85. The third kappa shape index (κ3) is 3.66. The molecule has 0 aliphatic carbocycles. The largest absolute Gasteiger partial charge is 0.496 e. The number of thiophene rings is 1. The van der Waals surface area contributed by atoms with Crippen LogP contribution in [-0.2, 0) is 0 Å². The summed E-state index contributed by atoms with van der Waals surface area (Å²) < 4.78 is 5.48. The minimum absolute atomic E-state index is 0.270. The molecule has 2 aromatic rings. The van der Waals surface area contributed by atoms with Crippen molar-refractivity contribution >= 4 is 11.3 Å². The minimum Gasteiger partial charge on any atom is -0.496 e. The number of hydrogen-bond donors (Lipinski definition) is 1. The van der Waals surface area contributed by atoms with Crippen molar-refractivity contribution in [2.24, 2.45) is 0 Å². The Kier molecular flexibility index (Phi) is 5.43. The van der Waals surface area contributed by atoms with Crippen LogP contribution >= 0.6 is 11.3 Å². The van der Waals surface area contributed by atoms with E-state index in [4.69, 9.17) is 4.74 Å². The summed E-state index contributed by atoms with van der Waals surface area (Å²) in [4.78, 5) is 2.74. The maximum atomic E-state index is 5.48. The normalized spacial score (nSPS) is 12.4. The van der Waals surface area contributed by atoms with E-state index in [1.165, 1.54) is 26.4 Å². The SMILES string of the molecule is CCCNC(c1cc(C)c(OC)c(C)c1)c1ccc(C)s1. The third-order valence-electron chi connectivity index (χ3n) is 3.66. The predicted molar refractivity (Wildman–Crippen MR) is 91.7 cm³/mol. The van der Waals surface area contributed by atoms with Crippen molar-refractivity contribution in [1.82, 2.24) is 5.32 Å². The first-order valence-corrected chi connectivity index (χ1v) is 8.33. The molecule has 2 rings (SSSR count). The van der Waals surface area contributed by atoms with Gasteiger partial charge in [-0.1, -0.05) is 19.1 Å². The van der Waals surface area contributed by atoms with Crippen LogP contribution < -0.4 is 10.1 Å². The van der Waals surface area contributed by atoms with Crippen LogP contribution in [0, 0.1) is 20.8 Å². The summed E-state index contributed by atoms with van der Waals surface area (Å²) in [6, 6.07) is 9.20. The van der Waals surface area contributed by atoms with Crippen LogP contribution in [0.15, 0.2) is 24.3 Å². The van der Waals surface area contributed by atoms with Gasteiger partial charge in [-0.15, -0.1) is 11.3 Å². The van der Waals surface area contributed by atoms with Crippen LogP contribution in [-0.4, -0.2) is 13.7 Å². The van der Waals surface area contributed by atoms with Gasteiger partial charge in [-0.3, -0.25) is 0 Å². The van der Waals surface area contributed by atoms with Gasteiger partial charge in [-0.2, -0.15) is 0 Å². The summed E-state index contributed by atoms with van der Waals surface area (Å²) >= 11 is 1.87. The van der Waals surface area contributed by atoms with Crippen LogP contribution in [0.5, 0.6) is 5.75 Å². The molecular formula is C18H25NOS. The Bertz CT molecular complexity index is 580. The number of rotatable bonds is 6. The first kappa shape index (κ1) is 16.1. The van der Waals surface area contributed by atoms with Gasteiger partial charge in [0.05, 0.1) is 13.2 Å². The van der Waals surface area contributed by atoms with Crippen LogP contribution in [0.25, 0.3) is 0 Å².